The monoisotopic (exact) mass is 606 g/mol. The molecule has 228 valence electrons. The van der Waals surface area contributed by atoms with Crippen molar-refractivity contribution in [1.82, 2.24) is 10.2 Å². The highest BCUT2D eigenvalue weighted by Crippen LogP contribution is 2.40. The average molecular weight is 607 g/mol. The summed E-state index contributed by atoms with van der Waals surface area (Å²) in [5, 5.41) is 11.9. The first-order chi connectivity index (χ1) is 21.3. The molecule has 3 aromatic carbocycles. The first-order valence-electron chi connectivity index (χ1n) is 13.9. The number of urea groups is 1. The van der Waals surface area contributed by atoms with Gasteiger partial charge in [0.25, 0.3) is 5.91 Å². The smallest absolute Gasteiger partial charge is 0.416 e. The summed E-state index contributed by atoms with van der Waals surface area (Å²) < 4.78 is 57.2. The summed E-state index contributed by atoms with van der Waals surface area (Å²) in [5.41, 5.74) is 0.570. The summed E-state index contributed by atoms with van der Waals surface area (Å²) in [6, 6.07) is 20.7. The number of alkyl halides is 3. The Morgan fingerprint density at radius 3 is 2.30 bits per heavy atom. The van der Waals surface area contributed by atoms with E-state index < -0.39 is 23.8 Å². The Morgan fingerprint density at radius 1 is 0.886 bits per heavy atom. The van der Waals surface area contributed by atoms with Gasteiger partial charge in [-0.25, -0.2) is 4.79 Å². The molecule has 2 aliphatic heterocycles. The van der Waals surface area contributed by atoms with Gasteiger partial charge in [0.05, 0.1) is 73.2 Å². The molecule has 0 radical (unpaired) electrons. The van der Waals surface area contributed by atoms with Crippen LogP contribution in [-0.2, 0) is 20.4 Å². The molecule has 0 aromatic heterocycles. The highest BCUT2D eigenvalue weighted by molar-refractivity contribution is 6.07. The zero-order chi connectivity index (χ0) is 31.1. The molecule has 12 heteroatoms. The maximum Gasteiger partial charge on any atom is 0.416 e. The molecule has 2 heterocycles. The molecule has 0 fully saturated rings. The number of halogens is 3. The van der Waals surface area contributed by atoms with Crippen LogP contribution >= 0.6 is 0 Å². The summed E-state index contributed by atoms with van der Waals surface area (Å²) in [6.45, 7) is 1.74. The molecule has 0 aliphatic carbocycles. The van der Waals surface area contributed by atoms with E-state index in [2.05, 4.69) is 5.32 Å². The summed E-state index contributed by atoms with van der Waals surface area (Å²) in [7, 11) is 0. The van der Waals surface area contributed by atoms with Crippen LogP contribution in [0.15, 0.2) is 90.1 Å². The van der Waals surface area contributed by atoms with Gasteiger partial charge in [-0.1, -0.05) is 36.4 Å². The van der Waals surface area contributed by atoms with Crippen LogP contribution in [0, 0.1) is 11.3 Å². The Morgan fingerprint density at radius 2 is 1.59 bits per heavy atom. The van der Waals surface area contributed by atoms with Crippen LogP contribution in [0.4, 0.5) is 23.7 Å². The molecule has 9 nitrogen and oxygen atoms in total. The van der Waals surface area contributed by atoms with E-state index in [0.717, 1.165) is 22.8 Å². The maximum atomic E-state index is 13.7. The summed E-state index contributed by atoms with van der Waals surface area (Å²) >= 11 is 0. The third kappa shape index (κ3) is 7.02. The van der Waals surface area contributed by atoms with Gasteiger partial charge in [-0.3, -0.25) is 9.69 Å². The number of carbonyl (C=O) groups excluding carboxylic acids is 2. The fourth-order valence-electron chi connectivity index (χ4n) is 5.00. The number of hydrogen-bond donors (Lipinski definition) is 1. The quantitative estimate of drug-likeness (QED) is 0.289. The zero-order valence-electron chi connectivity index (χ0n) is 23.5. The minimum absolute atomic E-state index is 0.00129. The van der Waals surface area contributed by atoms with Gasteiger partial charge >= 0.3 is 12.2 Å². The van der Waals surface area contributed by atoms with Crippen molar-refractivity contribution in [3.8, 4) is 11.8 Å². The molecule has 0 saturated heterocycles. The van der Waals surface area contributed by atoms with Crippen molar-refractivity contribution in [3.05, 3.63) is 107 Å². The Bertz CT molecular complexity index is 1550. The van der Waals surface area contributed by atoms with Crippen LogP contribution in [0.2, 0.25) is 0 Å². The van der Waals surface area contributed by atoms with E-state index in [-0.39, 0.29) is 49.2 Å². The molecule has 5 rings (SSSR count). The minimum atomic E-state index is -4.61. The number of para-hydroxylation sites is 1. The number of carbonyl (C=O) groups is 2. The summed E-state index contributed by atoms with van der Waals surface area (Å²) in [5.74, 6) is 0.383. The highest BCUT2D eigenvalue weighted by atomic mass is 19.4. The van der Waals surface area contributed by atoms with Crippen LogP contribution in [0.5, 0.6) is 5.75 Å². The second kappa shape index (κ2) is 13.6. The summed E-state index contributed by atoms with van der Waals surface area (Å²) in [6.07, 6.45) is -4.61. The lowest BCUT2D eigenvalue weighted by Gasteiger charge is -2.33. The number of benzene rings is 3. The molecule has 0 unspecified atom stereocenters. The number of rotatable bonds is 12. The number of nitrogens with one attached hydrogen (secondary N) is 1. The van der Waals surface area contributed by atoms with Crippen LogP contribution in [0.3, 0.4) is 0 Å². The third-order valence-corrected chi connectivity index (χ3v) is 7.12. The van der Waals surface area contributed by atoms with Crippen LogP contribution in [0.1, 0.15) is 22.7 Å². The van der Waals surface area contributed by atoms with Gasteiger partial charge in [0.1, 0.15) is 12.4 Å². The average Bonchev–Trinajstić information content (AvgIpc) is 3.35. The van der Waals surface area contributed by atoms with Gasteiger partial charge in [-0.2, -0.15) is 18.4 Å². The van der Waals surface area contributed by atoms with Crippen molar-refractivity contribution >= 4 is 17.6 Å². The number of ether oxygens (including phenoxy) is 3. The van der Waals surface area contributed by atoms with Gasteiger partial charge in [0.2, 0.25) is 0 Å². The van der Waals surface area contributed by atoms with Crippen molar-refractivity contribution in [2.75, 3.05) is 51.0 Å². The third-order valence-electron chi connectivity index (χ3n) is 7.12. The maximum absolute atomic E-state index is 13.7. The Hall–Kier alpha value is -4.86. The Balaban J connectivity index is 1.24. The second-order valence-corrected chi connectivity index (χ2v) is 9.97. The van der Waals surface area contributed by atoms with Crippen molar-refractivity contribution in [3.63, 3.8) is 0 Å². The number of nitriles is 1. The molecule has 3 amide bonds. The van der Waals surface area contributed by atoms with Crippen molar-refractivity contribution in [2.45, 2.75) is 12.2 Å². The van der Waals surface area contributed by atoms with Crippen molar-refractivity contribution in [1.29, 1.82) is 5.26 Å². The van der Waals surface area contributed by atoms with Gasteiger partial charge in [0.15, 0.2) is 0 Å². The predicted molar refractivity (Wildman–Crippen MR) is 154 cm³/mol. The fraction of sp³-hybridized carbons (Fsp3) is 0.281. The van der Waals surface area contributed by atoms with E-state index in [1.54, 1.807) is 24.3 Å². The predicted octanol–water partition coefficient (Wildman–Crippen LogP) is 5.06. The number of anilines is 1. The Labute approximate surface area is 252 Å². The normalized spacial score (nSPS) is 16.5. The first-order valence-corrected chi connectivity index (χ1v) is 13.9. The van der Waals surface area contributed by atoms with E-state index >= 15 is 0 Å². The van der Waals surface area contributed by atoms with Gasteiger partial charge in [-0.15, -0.1) is 0 Å². The van der Waals surface area contributed by atoms with E-state index in [0.29, 0.717) is 30.9 Å². The van der Waals surface area contributed by atoms with Crippen molar-refractivity contribution < 1.29 is 37.0 Å². The SMILES string of the molecule is N#Cc1ccc([C@H]2NC(=O)N(c3cccc(C(F)(F)F)c3)C3=C2C(=O)N(CCOCCOCCOc2ccccc2)C3)cc1. The largest absolute Gasteiger partial charge is 0.491 e. The molecule has 1 N–H and O–H groups in total. The van der Waals surface area contributed by atoms with Crippen LogP contribution in [-0.4, -0.2) is 63.0 Å². The fourth-order valence-corrected chi connectivity index (χ4v) is 5.00. The highest BCUT2D eigenvalue weighted by Gasteiger charge is 2.45. The van der Waals surface area contributed by atoms with Crippen LogP contribution < -0.4 is 15.0 Å². The lowest BCUT2D eigenvalue weighted by molar-refractivity contribution is -0.137. The Kier molecular flexibility index (Phi) is 9.47. The van der Waals surface area contributed by atoms with E-state index in [9.17, 15) is 22.8 Å². The molecule has 1 atom stereocenters. The lowest BCUT2D eigenvalue weighted by atomic mass is 9.94. The molecular formula is C32H29F3N4O5. The molecular weight excluding hydrogens is 577 g/mol. The number of hydrogen-bond acceptors (Lipinski definition) is 6. The van der Waals surface area contributed by atoms with Crippen molar-refractivity contribution in [2.24, 2.45) is 0 Å². The van der Waals surface area contributed by atoms with E-state index in [1.807, 2.05) is 36.4 Å². The molecule has 44 heavy (non-hydrogen) atoms. The lowest BCUT2D eigenvalue weighted by Crippen LogP contribution is -2.47. The second-order valence-electron chi connectivity index (χ2n) is 9.97. The molecule has 0 bridgehead atoms. The molecule has 3 aromatic rings. The number of amides is 3. The molecule has 2 aliphatic rings. The topological polar surface area (TPSA) is 104 Å². The zero-order valence-corrected chi connectivity index (χ0v) is 23.5. The van der Waals surface area contributed by atoms with E-state index in [4.69, 9.17) is 19.5 Å². The molecule has 0 spiro atoms. The van der Waals surface area contributed by atoms with Gasteiger partial charge in [0, 0.05) is 6.54 Å². The standard InChI is InChI=1S/C32H29F3N4O5/c33-32(34,35)24-5-4-6-25(19-24)39-27-21-38(13-14-42-15-16-43-17-18-44-26-7-2-1-3-8-26)30(40)28(27)29(37-31(39)41)23-11-9-22(20-36)10-12-23/h1-12,19,29H,13-18,21H2,(H,37,41)/t29-/m1/s1. The molecule has 0 saturated carbocycles. The van der Waals surface area contributed by atoms with Crippen LogP contribution in [0.25, 0.3) is 0 Å². The van der Waals surface area contributed by atoms with Gasteiger partial charge < -0.3 is 24.4 Å². The number of nitrogens with zero attached hydrogens (tertiary/aromatic N) is 3. The first kappa shape index (κ1) is 30.6. The van der Waals surface area contributed by atoms with E-state index in [1.165, 1.54) is 17.0 Å². The van der Waals surface area contributed by atoms with Gasteiger partial charge in [-0.05, 0) is 48.0 Å². The summed E-state index contributed by atoms with van der Waals surface area (Å²) in [4.78, 5) is 29.7. The minimum Gasteiger partial charge on any atom is -0.491 e.